The van der Waals surface area contributed by atoms with Crippen LogP contribution in [0.2, 0.25) is 0 Å². The van der Waals surface area contributed by atoms with Crippen molar-refractivity contribution in [3.05, 3.63) is 41.3 Å². The predicted octanol–water partition coefficient (Wildman–Crippen LogP) is 1.66. The lowest BCUT2D eigenvalue weighted by Crippen LogP contribution is -2.36. The third-order valence-corrected chi connectivity index (χ3v) is 4.36. The maximum absolute atomic E-state index is 12.9. The molecule has 0 saturated carbocycles. The summed E-state index contributed by atoms with van der Waals surface area (Å²) in [6.07, 6.45) is 0.142. The fourth-order valence-corrected chi connectivity index (χ4v) is 2.82. The van der Waals surface area contributed by atoms with Gasteiger partial charge in [-0.05, 0) is 24.6 Å². The molecule has 2 aromatic rings. The lowest BCUT2D eigenvalue weighted by molar-refractivity contribution is -0.140. The molecule has 1 saturated heterocycles. The summed E-state index contributed by atoms with van der Waals surface area (Å²) >= 11 is 0. The number of amides is 2. The van der Waals surface area contributed by atoms with E-state index in [-0.39, 0.29) is 30.7 Å². The second-order valence-electron chi connectivity index (χ2n) is 6.54. The molecule has 0 aliphatic carbocycles. The summed E-state index contributed by atoms with van der Waals surface area (Å²) in [7, 11) is 3.57. The number of anilines is 1. The fraction of sp³-hybridized carbons (Fsp3) is 0.412. The molecule has 0 N–H and O–H groups in total. The Morgan fingerprint density at radius 3 is 2.50 bits per heavy atom. The van der Waals surface area contributed by atoms with Gasteiger partial charge in [-0.3, -0.25) is 14.5 Å². The molecule has 2 heterocycles. The first-order chi connectivity index (χ1) is 11.3. The van der Waals surface area contributed by atoms with Gasteiger partial charge in [0.1, 0.15) is 6.54 Å². The minimum Gasteiger partial charge on any atom is -0.344 e. The van der Waals surface area contributed by atoms with Gasteiger partial charge in [0.05, 0.1) is 5.41 Å². The van der Waals surface area contributed by atoms with Crippen LogP contribution in [-0.4, -0.2) is 41.0 Å². The van der Waals surface area contributed by atoms with Crippen molar-refractivity contribution < 1.29 is 14.1 Å². The molecule has 1 aromatic carbocycles. The Labute approximate surface area is 140 Å². The second kappa shape index (κ2) is 5.74. The Kier molecular flexibility index (Phi) is 3.87. The zero-order valence-electron chi connectivity index (χ0n) is 14.2. The van der Waals surface area contributed by atoms with Crippen molar-refractivity contribution >= 4 is 17.8 Å². The molecule has 1 atom stereocenters. The van der Waals surface area contributed by atoms with Crippen LogP contribution in [0.4, 0.5) is 5.95 Å². The molecular weight excluding hydrogens is 308 g/mol. The predicted molar refractivity (Wildman–Crippen MR) is 87.3 cm³/mol. The van der Waals surface area contributed by atoms with Gasteiger partial charge in [-0.25, -0.2) is 0 Å². The molecule has 1 aliphatic heterocycles. The summed E-state index contributed by atoms with van der Waals surface area (Å²) in [5.41, 5.74) is 1.10. The Morgan fingerprint density at radius 2 is 1.92 bits per heavy atom. The molecule has 1 aliphatic rings. The van der Waals surface area contributed by atoms with E-state index >= 15 is 0 Å². The monoisotopic (exact) mass is 328 g/mol. The van der Waals surface area contributed by atoms with Gasteiger partial charge in [0, 0.05) is 20.5 Å². The normalized spacial score (nSPS) is 20.8. The highest BCUT2D eigenvalue weighted by Gasteiger charge is 2.49. The van der Waals surface area contributed by atoms with E-state index in [0.29, 0.717) is 5.95 Å². The average molecular weight is 328 g/mol. The second-order valence-corrected chi connectivity index (χ2v) is 6.54. The molecule has 1 unspecified atom stereocenters. The van der Waals surface area contributed by atoms with Crippen molar-refractivity contribution in [2.24, 2.45) is 0 Å². The minimum atomic E-state index is -0.852. The number of nitrogens with zero attached hydrogens (tertiary/aromatic N) is 4. The van der Waals surface area contributed by atoms with Crippen LogP contribution in [0.5, 0.6) is 0 Å². The fourth-order valence-electron chi connectivity index (χ4n) is 2.82. The van der Waals surface area contributed by atoms with Gasteiger partial charge in [-0.1, -0.05) is 29.8 Å². The molecule has 1 fully saturated rings. The maximum atomic E-state index is 12.9. The molecule has 126 valence electrons. The van der Waals surface area contributed by atoms with Crippen LogP contribution in [0.25, 0.3) is 0 Å². The van der Waals surface area contributed by atoms with Crippen LogP contribution in [0, 0.1) is 6.92 Å². The lowest BCUT2D eigenvalue weighted by Gasteiger charge is -2.22. The molecule has 0 bridgehead atoms. The third kappa shape index (κ3) is 2.66. The van der Waals surface area contributed by atoms with Crippen molar-refractivity contribution in [3.63, 3.8) is 0 Å². The molecular formula is C17H20N4O3. The molecule has 0 spiro atoms. The number of carbonyl (C=O) groups excluding carboxylic acids is 2. The summed E-state index contributed by atoms with van der Waals surface area (Å²) in [4.78, 5) is 32.3. The third-order valence-electron chi connectivity index (χ3n) is 4.36. The standard InChI is InChI=1S/C17H20N4O3/c1-11-5-7-12(8-6-11)17(2)9-14(22)21(15(17)23)10-13-18-16(19-24-13)20(3)4/h5-8H,9-10H2,1-4H3. The van der Waals surface area contributed by atoms with Crippen LogP contribution in [0.15, 0.2) is 28.8 Å². The first-order valence-corrected chi connectivity index (χ1v) is 7.73. The summed E-state index contributed by atoms with van der Waals surface area (Å²) in [5.74, 6) is 0.188. The first kappa shape index (κ1) is 16.2. The summed E-state index contributed by atoms with van der Waals surface area (Å²) < 4.78 is 5.13. The van der Waals surface area contributed by atoms with Crippen molar-refractivity contribution in [1.29, 1.82) is 0 Å². The lowest BCUT2D eigenvalue weighted by atomic mass is 9.81. The SMILES string of the molecule is Cc1ccc(C2(C)CC(=O)N(Cc3nc(N(C)C)no3)C2=O)cc1. The molecule has 2 amide bonds. The highest BCUT2D eigenvalue weighted by atomic mass is 16.5. The molecule has 24 heavy (non-hydrogen) atoms. The zero-order chi connectivity index (χ0) is 17.5. The van der Waals surface area contributed by atoms with Gasteiger partial charge in [-0.15, -0.1) is 0 Å². The van der Waals surface area contributed by atoms with Gasteiger partial charge in [0.2, 0.25) is 17.7 Å². The zero-order valence-corrected chi connectivity index (χ0v) is 14.2. The number of aromatic nitrogens is 2. The van der Waals surface area contributed by atoms with E-state index in [1.165, 1.54) is 4.90 Å². The maximum Gasteiger partial charge on any atom is 0.265 e. The van der Waals surface area contributed by atoms with Crippen molar-refractivity contribution in [3.8, 4) is 0 Å². The van der Waals surface area contributed by atoms with Crippen molar-refractivity contribution in [1.82, 2.24) is 15.0 Å². The van der Waals surface area contributed by atoms with E-state index in [1.807, 2.05) is 31.2 Å². The van der Waals surface area contributed by atoms with Gasteiger partial charge < -0.3 is 9.42 Å². The molecule has 7 nitrogen and oxygen atoms in total. The molecule has 0 radical (unpaired) electrons. The van der Waals surface area contributed by atoms with Crippen LogP contribution in [0.1, 0.15) is 30.4 Å². The van der Waals surface area contributed by atoms with Crippen molar-refractivity contribution in [2.75, 3.05) is 19.0 Å². The van der Waals surface area contributed by atoms with Crippen LogP contribution >= 0.6 is 0 Å². The number of carbonyl (C=O) groups is 2. The Hall–Kier alpha value is -2.70. The largest absolute Gasteiger partial charge is 0.344 e. The van der Waals surface area contributed by atoms with E-state index in [1.54, 1.807) is 25.9 Å². The van der Waals surface area contributed by atoms with Gasteiger partial charge in [0.25, 0.3) is 5.95 Å². The van der Waals surface area contributed by atoms with Crippen LogP contribution in [0.3, 0.4) is 0 Å². The number of aryl methyl sites for hydroxylation is 1. The number of rotatable bonds is 4. The van der Waals surface area contributed by atoms with Crippen LogP contribution < -0.4 is 4.90 Å². The first-order valence-electron chi connectivity index (χ1n) is 7.73. The summed E-state index contributed by atoms with van der Waals surface area (Å²) in [6, 6.07) is 7.70. The number of hydrogen-bond donors (Lipinski definition) is 0. The van der Waals surface area contributed by atoms with Crippen LogP contribution in [-0.2, 0) is 21.5 Å². The smallest absolute Gasteiger partial charge is 0.265 e. The Balaban J connectivity index is 1.84. The molecule has 3 rings (SSSR count). The van der Waals surface area contributed by atoms with E-state index in [4.69, 9.17) is 4.52 Å². The summed E-state index contributed by atoms with van der Waals surface area (Å²) in [5, 5.41) is 3.80. The van der Waals surface area contributed by atoms with Gasteiger partial charge >= 0.3 is 0 Å². The topological polar surface area (TPSA) is 79.5 Å². The quantitative estimate of drug-likeness (QED) is 0.794. The highest BCUT2D eigenvalue weighted by molar-refractivity contribution is 6.08. The van der Waals surface area contributed by atoms with Gasteiger partial charge in [-0.2, -0.15) is 4.98 Å². The highest BCUT2D eigenvalue weighted by Crippen LogP contribution is 2.37. The molecule has 7 heteroatoms. The Morgan fingerprint density at radius 1 is 1.25 bits per heavy atom. The van der Waals surface area contributed by atoms with E-state index in [0.717, 1.165) is 11.1 Å². The molecule has 1 aromatic heterocycles. The number of imide groups is 1. The average Bonchev–Trinajstić information content (AvgIpc) is 3.08. The number of likely N-dealkylation sites (tertiary alicyclic amines) is 1. The van der Waals surface area contributed by atoms with E-state index in [2.05, 4.69) is 10.1 Å². The summed E-state index contributed by atoms with van der Waals surface area (Å²) in [6.45, 7) is 3.79. The minimum absolute atomic E-state index is 0.0000417. The van der Waals surface area contributed by atoms with Gasteiger partial charge in [0.15, 0.2) is 0 Å². The van der Waals surface area contributed by atoms with E-state index < -0.39 is 5.41 Å². The Bertz CT molecular complexity index is 781. The van der Waals surface area contributed by atoms with Crippen molar-refractivity contribution in [2.45, 2.75) is 32.2 Å². The number of hydrogen-bond acceptors (Lipinski definition) is 6. The van der Waals surface area contributed by atoms with E-state index in [9.17, 15) is 9.59 Å². The number of benzene rings is 1.